The second-order valence-electron chi connectivity index (χ2n) is 18.0. The Kier molecular flexibility index (Phi) is 8.93. The largest absolute Gasteiger partial charge is 0.454 e. The van der Waals surface area contributed by atoms with E-state index in [1.54, 1.807) is 39.8 Å². The van der Waals surface area contributed by atoms with Gasteiger partial charge >= 0.3 is 11.9 Å². The Labute approximate surface area is 278 Å². The maximum Gasteiger partial charge on any atom is 0.333 e. The van der Waals surface area contributed by atoms with Crippen molar-refractivity contribution in [2.45, 2.75) is 146 Å². The lowest BCUT2D eigenvalue weighted by atomic mass is 9.33. The monoisotopic (exact) mass is 638 g/mol. The van der Waals surface area contributed by atoms with Crippen LogP contribution in [-0.2, 0) is 19.1 Å². The lowest BCUT2D eigenvalue weighted by Gasteiger charge is -2.72. The molecule has 0 heterocycles. The molecule has 6 heteroatoms. The molecular formula is C40H62O6. The van der Waals surface area contributed by atoms with Gasteiger partial charge in [-0.2, -0.15) is 0 Å². The van der Waals surface area contributed by atoms with Gasteiger partial charge in [0.1, 0.15) is 6.10 Å². The van der Waals surface area contributed by atoms with Gasteiger partial charge in [-0.3, -0.25) is 0 Å². The summed E-state index contributed by atoms with van der Waals surface area (Å²) in [5, 5.41) is 24.0. The normalized spacial score (nSPS) is 44.8. The van der Waals surface area contributed by atoms with Crippen molar-refractivity contribution >= 4 is 11.9 Å². The van der Waals surface area contributed by atoms with E-state index in [2.05, 4.69) is 54.5 Å². The SMILES string of the molecule is CC=C(C)C(=O)O[C@H]1[C@H](OC(=O)C(C)=CC)[C@@]2(CO)C(CC1(C)C)C1=CCC3[C@@]4(C)CCCC(C)(C)C4CC[C@@]3(C)[C@]1(C)C[C@H]2O. The first-order valence-electron chi connectivity index (χ1n) is 18.0. The minimum atomic E-state index is -1.21. The molecule has 0 amide bonds. The van der Waals surface area contributed by atoms with Crippen LogP contribution < -0.4 is 0 Å². The summed E-state index contributed by atoms with van der Waals surface area (Å²) in [6, 6.07) is 0. The number of aliphatic hydroxyl groups is 2. The second-order valence-corrected chi connectivity index (χ2v) is 18.0. The van der Waals surface area contributed by atoms with Gasteiger partial charge in [0, 0.05) is 16.6 Å². The highest BCUT2D eigenvalue weighted by molar-refractivity contribution is 5.88. The van der Waals surface area contributed by atoms with E-state index in [1.807, 2.05) is 0 Å². The van der Waals surface area contributed by atoms with Crippen molar-refractivity contribution < 1.29 is 29.3 Å². The Balaban J connectivity index is 1.65. The van der Waals surface area contributed by atoms with Crippen LogP contribution in [0.25, 0.3) is 0 Å². The predicted molar refractivity (Wildman–Crippen MR) is 182 cm³/mol. The standard InChI is InChI=1S/C40H62O6/c1-12-24(3)33(43)45-31-32(46-34(44)25(4)13-2)40(23-41)27(21-36(31,7)8)26-15-16-29-37(9)19-14-18-35(5,6)28(37)17-20-38(29,10)39(26,11)22-30(40)42/h12-13,15,27-32,41-42H,14,16-23H2,1-11H3/t27?,28?,29?,30-,31+,32+,37+,38-,39-,40+/m1/s1. The van der Waals surface area contributed by atoms with Crippen molar-refractivity contribution in [3.05, 3.63) is 34.9 Å². The van der Waals surface area contributed by atoms with Crippen molar-refractivity contribution in [3.63, 3.8) is 0 Å². The van der Waals surface area contributed by atoms with Crippen LogP contribution in [0.5, 0.6) is 0 Å². The zero-order valence-corrected chi connectivity index (χ0v) is 30.6. The van der Waals surface area contributed by atoms with E-state index in [0.717, 1.165) is 12.8 Å². The summed E-state index contributed by atoms with van der Waals surface area (Å²) >= 11 is 0. The molecule has 0 bridgehead atoms. The summed E-state index contributed by atoms with van der Waals surface area (Å²) in [7, 11) is 0. The highest BCUT2D eigenvalue weighted by Gasteiger charge is 2.73. The molecule has 0 saturated heterocycles. The Morgan fingerprint density at radius 3 is 2.00 bits per heavy atom. The fourth-order valence-corrected chi connectivity index (χ4v) is 12.0. The zero-order valence-electron chi connectivity index (χ0n) is 30.6. The summed E-state index contributed by atoms with van der Waals surface area (Å²) in [4.78, 5) is 26.8. The fourth-order valence-electron chi connectivity index (χ4n) is 12.0. The van der Waals surface area contributed by atoms with E-state index in [1.165, 1.54) is 31.3 Å². The van der Waals surface area contributed by atoms with E-state index < -0.39 is 41.1 Å². The van der Waals surface area contributed by atoms with Gasteiger partial charge in [0.05, 0.1) is 18.1 Å². The van der Waals surface area contributed by atoms with Crippen LogP contribution in [0.2, 0.25) is 0 Å². The lowest BCUT2D eigenvalue weighted by molar-refractivity contribution is -0.263. The number of allylic oxidation sites excluding steroid dienone is 4. The third-order valence-electron chi connectivity index (χ3n) is 15.1. The second kappa shape index (κ2) is 11.6. The van der Waals surface area contributed by atoms with Crippen LogP contribution >= 0.6 is 0 Å². The summed E-state index contributed by atoms with van der Waals surface area (Å²) < 4.78 is 12.6. The highest BCUT2D eigenvalue weighted by atomic mass is 16.6. The molecule has 0 aromatic heterocycles. The van der Waals surface area contributed by atoms with Crippen LogP contribution in [-0.4, -0.2) is 47.1 Å². The van der Waals surface area contributed by atoms with Crippen LogP contribution in [0, 0.1) is 50.2 Å². The Bertz CT molecular complexity index is 1340. The molecule has 0 radical (unpaired) electrons. The summed E-state index contributed by atoms with van der Waals surface area (Å²) in [5.74, 6) is -0.0517. The summed E-state index contributed by atoms with van der Waals surface area (Å²) in [6.07, 6.45) is 11.2. The van der Waals surface area contributed by atoms with Crippen molar-refractivity contribution in [1.29, 1.82) is 0 Å². The molecule has 2 N–H and O–H groups in total. The first kappa shape index (κ1) is 35.4. The van der Waals surface area contributed by atoms with Crippen LogP contribution in [0.15, 0.2) is 34.9 Å². The van der Waals surface area contributed by atoms with Gasteiger partial charge in [0.25, 0.3) is 0 Å². The van der Waals surface area contributed by atoms with Gasteiger partial charge in [0.2, 0.25) is 0 Å². The van der Waals surface area contributed by atoms with Crippen molar-refractivity contribution in [2.24, 2.45) is 50.2 Å². The van der Waals surface area contributed by atoms with E-state index in [9.17, 15) is 19.8 Å². The zero-order chi connectivity index (χ0) is 34.3. The van der Waals surface area contributed by atoms with Crippen LogP contribution in [0.3, 0.4) is 0 Å². The molecule has 4 fully saturated rings. The number of esters is 2. The Hall–Kier alpha value is -1.92. The lowest BCUT2D eigenvalue weighted by Crippen LogP contribution is -2.72. The van der Waals surface area contributed by atoms with E-state index >= 15 is 0 Å². The van der Waals surface area contributed by atoms with Gasteiger partial charge < -0.3 is 19.7 Å². The average molecular weight is 639 g/mol. The number of carbonyl (C=O) groups excluding carboxylic acids is 2. The van der Waals surface area contributed by atoms with Gasteiger partial charge in [-0.15, -0.1) is 0 Å². The summed E-state index contributed by atoms with van der Waals surface area (Å²) in [5.41, 5.74) is 0.627. The average Bonchev–Trinajstić information content (AvgIpc) is 2.97. The van der Waals surface area contributed by atoms with E-state index in [4.69, 9.17) is 9.47 Å². The quantitative estimate of drug-likeness (QED) is 0.180. The smallest absolute Gasteiger partial charge is 0.333 e. The number of aliphatic hydroxyl groups excluding tert-OH is 2. The van der Waals surface area contributed by atoms with Crippen LogP contribution in [0.1, 0.15) is 128 Å². The number of hydrogen-bond acceptors (Lipinski definition) is 6. The number of carbonyl (C=O) groups is 2. The fraction of sp³-hybridized carbons (Fsp3) is 0.800. The Morgan fingerprint density at radius 1 is 0.848 bits per heavy atom. The minimum absolute atomic E-state index is 0.0252. The topological polar surface area (TPSA) is 93.1 Å². The van der Waals surface area contributed by atoms with Gasteiger partial charge in [-0.05, 0) is 112 Å². The molecule has 5 aliphatic carbocycles. The molecular weight excluding hydrogens is 576 g/mol. The maximum atomic E-state index is 13.5. The minimum Gasteiger partial charge on any atom is -0.454 e. The predicted octanol–water partition coefficient (Wildman–Crippen LogP) is 8.12. The molecule has 5 rings (SSSR count). The van der Waals surface area contributed by atoms with Gasteiger partial charge in [-0.1, -0.05) is 78.7 Å². The third-order valence-corrected chi connectivity index (χ3v) is 15.1. The molecule has 3 unspecified atom stereocenters. The van der Waals surface area contributed by atoms with E-state index in [0.29, 0.717) is 41.2 Å². The van der Waals surface area contributed by atoms with Crippen molar-refractivity contribution in [1.82, 2.24) is 0 Å². The van der Waals surface area contributed by atoms with Gasteiger partial charge in [0.15, 0.2) is 6.10 Å². The first-order chi connectivity index (χ1) is 21.3. The summed E-state index contributed by atoms with van der Waals surface area (Å²) in [6.45, 7) is 23.2. The number of ether oxygens (including phenoxy) is 2. The number of rotatable bonds is 5. The first-order valence-corrected chi connectivity index (χ1v) is 18.0. The number of fused-ring (bicyclic) bond motifs is 7. The maximum absolute atomic E-state index is 13.5. The molecule has 10 atom stereocenters. The van der Waals surface area contributed by atoms with E-state index in [-0.39, 0.29) is 28.8 Å². The molecule has 5 aliphatic rings. The highest BCUT2D eigenvalue weighted by Crippen LogP contribution is 2.76. The molecule has 46 heavy (non-hydrogen) atoms. The molecule has 0 aromatic carbocycles. The molecule has 258 valence electrons. The number of hydrogen-bond donors (Lipinski definition) is 2. The molecule has 0 spiro atoms. The molecule has 4 saturated carbocycles. The molecule has 6 nitrogen and oxygen atoms in total. The Morgan fingerprint density at radius 2 is 1.43 bits per heavy atom. The molecule has 0 aromatic rings. The van der Waals surface area contributed by atoms with Crippen LogP contribution in [0.4, 0.5) is 0 Å². The third kappa shape index (κ3) is 4.84. The van der Waals surface area contributed by atoms with Gasteiger partial charge in [-0.25, -0.2) is 9.59 Å². The van der Waals surface area contributed by atoms with Crippen molar-refractivity contribution in [2.75, 3.05) is 6.61 Å². The molecule has 0 aliphatic heterocycles. The van der Waals surface area contributed by atoms with Crippen molar-refractivity contribution in [3.8, 4) is 0 Å².